The molecule has 0 amide bonds. The van der Waals surface area contributed by atoms with Crippen molar-refractivity contribution in [2.45, 2.75) is 13.8 Å². The van der Waals surface area contributed by atoms with Crippen LogP contribution in [0.25, 0.3) is 103 Å². The van der Waals surface area contributed by atoms with Gasteiger partial charge in [0.15, 0.2) is 17.1 Å². The number of nitrogens with zero attached hydrogens (tertiary/aromatic N) is 7. The Bertz CT molecular complexity index is 3450. The number of para-hydroxylation sites is 2. The van der Waals surface area contributed by atoms with E-state index in [1.807, 2.05) is 74.5 Å². The van der Waals surface area contributed by atoms with E-state index in [9.17, 15) is 0 Å². The lowest BCUT2D eigenvalue weighted by Gasteiger charge is -2.20. The minimum atomic E-state index is 0.438. The van der Waals surface area contributed by atoms with Gasteiger partial charge in [-0.2, -0.15) is 0 Å². The zero-order valence-corrected chi connectivity index (χ0v) is 31.6. The van der Waals surface area contributed by atoms with Gasteiger partial charge < -0.3 is 9.13 Å². The maximum absolute atomic E-state index is 8.55. The van der Waals surface area contributed by atoms with Crippen molar-refractivity contribution >= 4 is 60.7 Å². The highest BCUT2D eigenvalue weighted by molar-refractivity contribution is 6.13. The Morgan fingerprint density at radius 3 is 1.38 bits per heavy atom. The van der Waals surface area contributed by atoms with E-state index >= 15 is 0 Å². The molecule has 0 fully saturated rings. The Labute approximate surface area is 334 Å². The Kier molecular flexibility index (Phi) is 7.94. The van der Waals surface area contributed by atoms with Crippen LogP contribution in [0.2, 0.25) is 0 Å². The van der Waals surface area contributed by atoms with Crippen LogP contribution in [0.15, 0.2) is 152 Å². The van der Waals surface area contributed by atoms with E-state index < -0.39 is 0 Å². The first-order valence-corrected chi connectivity index (χ1v) is 18.8. The van der Waals surface area contributed by atoms with Crippen LogP contribution in [-0.4, -0.2) is 19.1 Å². The molecule has 0 bridgehead atoms. The van der Waals surface area contributed by atoms with E-state index in [4.69, 9.17) is 29.7 Å². The fourth-order valence-corrected chi connectivity index (χ4v) is 8.37. The molecule has 0 saturated heterocycles. The molecule has 270 valence electrons. The molecule has 10 rings (SSSR count). The molecule has 7 aromatic carbocycles. The second kappa shape index (κ2) is 13.5. The monoisotopic (exact) mass is 741 g/mol. The summed E-state index contributed by atoms with van der Waals surface area (Å²) in [6, 6.07) is 51.2. The quantitative estimate of drug-likeness (QED) is 0.165. The first kappa shape index (κ1) is 34.2. The summed E-state index contributed by atoms with van der Waals surface area (Å²) in [4.78, 5) is 21.3. The van der Waals surface area contributed by atoms with Crippen molar-refractivity contribution in [1.82, 2.24) is 19.1 Å². The van der Waals surface area contributed by atoms with Crippen LogP contribution in [0, 0.1) is 33.6 Å². The van der Waals surface area contributed by atoms with Gasteiger partial charge >= 0.3 is 0 Å². The maximum atomic E-state index is 8.55. The van der Waals surface area contributed by atoms with Gasteiger partial charge in [-0.05, 0) is 90.7 Å². The molecule has 3 heterocycles. The Morgan fingerprint density at radius 2 is 0.879 bits per heavy atom. The third kappa shape index (κ3) is 5.48. The number of aryl methyl sites for hydroxylation is 2. The van der Waals surface area contributed by atoms with E-state index in [-0.39, 0.29) is 0 Å². The lowest BCUT2D eigenvalue weighted by atomic mass is 10.0. The molecule has 0 aliphatic carbocycles. The van der Waals surface area contributed by atoms with Gasteiger partial charge in [-0.3, -0.25) is 0 Å². The van der Waals surface area contributed by atoms with Crippen molar-refractivity contribution in [3.05, 3.63) is 197 Å². The van der Waals surface area contributed by atoms with Crippen LogP contribution < -0.4 is 0 Å². The van der Waals surface area contributed by atoms with Crippen molar-refractivity contribution < 1.29 is 0 Å². The molecule has 0 aliphatic heterocycles. The molecule has 58 heavy (non-hydrogen) atoms. The third-order valence-electron chi connectivity index (χ3n) is 10.9. The summed E-state index contributed by atoms with van der Waals surface area (Å²) in [6.45, 7) is 27.8. The van der Waals surface area contributed by atoms with Crippen LogP contribution in [0.1, 0.15) is 11.4 Å². The Morgan fingerprint density at radius 1 is 0.414 bits per heavy atom. The van der Waals surface area contributed by atoms with E-state index in [1.165, 1.54) is 0 Å². The summed E-state index contributed by atoms with van der Waals surface area (Å²) in [5.41, 5.74) is 13.4. The zero-order chi connectivity index (χ0) is 39.5. The normalized spacial score (nSPS) is 11.2. The summed E-state index contributed by atoms with van der Waals surface area (Å²) in [7, 11) is 0. The maximum Gasteiger partial charge on any atom is 0.200 e. The molecule has 3 aromatic heterocycles. The van der Waals surface area contributed by atoms with Gasteiger partial charge in [0, 0.05) is 38.5 Å². The highest BCUT2D eigenvalue weighted by Gasteiger charge is 2.24. The fraction of sp³-hybridized carbons (Fsp3) is 0.0392. The SMILES string of the molecule is [C-]#[N+]c1cccc(-c2ccc3c4ccccc4n(-c4cc([N+]#[C-])c(-c5nc(C)cc(C)n5)cc4-n4c5ccccc5c5ccc(-c6cccc([N+]#[C-])c6)cc54)c3c2)c1. The lowest BCUT2D eigenvalue weighted by molar-refractivity contribution is 1.06. The smallest absolute Gasteiger partial charge is 0.200 e. The Hall–Kier alpha value is -8.31. The largest absolute Gasteiger partial charge is 0.308 e. The van der Waals surface area contributed by atoms with Crippen molar-refractivity contribution in [2.24, 2.45) is 0 Å². The average Bonchev–Trinajstić information content (AvgIpc) is 3.77. The summed E-state index contributed by atoms with van der Waals surface area (Å²) < 4.78 is 4.57. The van der Waals surface area contributed by atoms with Gasteiger partial charge in [0.25, 0.3) is 0 Å². The molecule has 0 saturated carbocycles. The number of hydrogen-bond donors (Lipinski definition) is 0. The van der Waals surface area contributed by atoms with Gasteiger partial charge in [-0.25, -0.2) is 24.5 Å². The molecular formula is C51H31N7. The Balaban J connectivity index is 1.36. The number of hydrogen-bond acceptors (Lipinski definition) is 2. The molecule has 0 atom stereocenters. The fourth-order valence-electron chi connectivity index (χ4n) is 8.37. The first-order chi connectivity index (χ1) is 28.4. The number of fused-ring (bicyclic) bond motifs is 6. The number of aromatic nitrogens is 4. The van der Waals surface area contributed by atoms with E-state index in [0.29, 0.717) is 28.5 Å². The third-order valence-corrected chi connectivity index (χ3v) is 10.9. The van der Waals surface area contributed by atoms with Gasteiger partial charge in [0.05, 0.1) is 53.2 Å². The standard InChI is InChI=1S/C51H31N7/c1-31-24-32(2)56-51(55-31)43-29-49(57-45-18-8-6-16-39(45)41-22-20-35(27-47(41)57)33-12-10-14-37(25-33)52-3)50(30-44(43)54-5)58-46-19-9-7-17-40(46)42-23-21-36(28-48(42)58)34-13-11-15-38(26-34)53-4/h6-30H,1-2H3. The molecule has 7 heteroatoms. The summed E-state index contributed by atoms with van der Waals surface area (Å²) in [5, 5.41) is 4.32. The number of rotatable bonds is 5. The van der Waals surface area contributed by atoms with Gasteiger partial charge in [0.2, 0.25) is 0 Å². The highest BCUT2D eigenvalue weighted by atomic mass is 15.1. The molecule has 10 aromatic rings. The average molecular weight is 742 g/mol. The van der Waals surface area contributed by atoms with Crippen molar-refractivity contribution in [2.75, 3.05) is 0 Å². The van der Waals surface area contributed by atoms with Crippen LogP contribution >= 0.6 is 0 Å². The van der Waals surface area contributed by atoms with Crippen LogP contribution in [0.3, 0.4) is 0 Å². The highest BCUT2D eigenvalue weighted by Crippen LogP contribution is 2.44. The molecule has 0 aliphatic rings. The molecule has 0 unspecified atom stereocenters. The minimum absolute atomic E-state index is 0.438. The van der Waals surface area contributed by atoms with Gasteiger partial charge in [0.1, 0.15) is 5.82 Å². The van der Waals surface area contributed by atoms with Crippen molar-refractivity contribution in [1.29, 1.82) is 0 Å². The predicted molar refractivity (Wildman–Crippen MR) is 235 cm³/mol. The number of benzene rings is 7. The van der Waals surface area contributed by atoms with E-state index in [0.717, 1.165) is 88.6 Å². The van der Waals surface area contributed by atoms with Gasteiger partial charge in [-0.1, -0.05) is 97.1 Å². The summed E-state index contributed by atoms with van der Waals surface area (Å²) in [5.74, 6) is 0.498. The van der Waals surface area contributed by atoms with Crippen molar-refractivity contribution in [3.63, 3.8) is 0 Å². The summed E-state index contributed by atoms with van der Waals surface area (Å²) in [6.07, 6.45) is 0. The second-order valence-corrected chi connectivity index (χ2v) is 14.4. The minimum Gasteiger partial charge on any atom is -0.308 e. The van der Waals surface area contributed by atoms with E-state index in [2.05, 4.69) is 115 Å². The topological polar surface area (TPSA) is 48.7 Å². The predicted octanol–water partition coefficient (Wildman–Crippen LogP) is 13.9. The molecular weight excluding hydrogens is 711 g/mol. The van der Waals surface area contributed by atoms with Gasteiger partial charge in [-0.15, -0.1) is 0 Å². The first-order valence-electron chi connectivity index (χ1n) is 18.8. The molecule has 0 N–H and O–H groups in total. The molecule has 0 radical (unpaired) electrons. The lowest BCUT2D eigenvalue weighted by Crippen LogP contribution is -2.05. The zero-order valence-electron chi connectivity index (χ0n) is 31.6. The van der Waals surface area contributed by atoms with Crippen LogP contribution in [-0.2, 0) is 0 Å². The van der Waals surface area contributed by atoms with Crippen LogP contribution in [0.4, 0.5) is 17.1 Å². The molecule has 7 nitrogen and oxygen atoms in total. The van der Waals surface area contributed by atoms with Crippen LogP contribution in [0.5, 0.6) is 0 Å². The second-order valence-electron chi connectivity index (χ2n) is 14.4. The molecule has 0 spiro atoms. The summed E-state index contributed by atoms with van der Waals surface area (Å²) >= 11 is 0. The van der Waals surface area contributed by atoms with Crippen molar-refractivity contribution in [3.8, 4) is 45.0 Å². The van der Waals surface area contributed by atoms with E-state index in [1.54, 1.807) is 0 Å².